The van der Waals surface area contributed by atoms with Crippen LogP contribution in [0.1, 0.15) is 5.56 Å². The van der Waals surface area contributed by atoms with Crippen molar-refractivity contribution in [2.75, 3.05) is 0 Å². The fraction of sp³-hybridized carbons (Fsp3) is 0. The first kappa shape index (κ1) is 22.1. The standard InChI is InChI=1S/C37H20N2O2/c38-21-22-15-17-31-28(19-22)25-7-1-3-11-30(25)39(31)32-12-5-10-27-36-24(9-6-14-35(36)41-37(27)32)23-16-18-34-29(20-23)26-8-2-4-13-33(26)40-34/h1-20H. The molecule has 190 valence electrons. The average Bonchev–Trinajstić information content (AvgIpc) is 3.70. The molecular weight excluding hydrogens is 504 g/mol. The maximum Gasteiger partial charge on any atom is 0.159 e. The van der Waals surface area contributed by atoms with Gasteiger partial charge < -0.3 is 13.4 Å². The smallest absolute Gasteiger partial charge is 0.159 e. The van der Waals surface area contributed by atoms with Crippen LogP contribution in [0.2, 0.25) is 0 Å². The van der Waals surface area contributed by atoms with Crippen molar-refractivity contribution in [2.45, 2.75) is 0 Å². The van der Waals surface area contributed by atoms with Gasteiger partial charge in [-0.3, -0.25) is 0 Å². The molecule has 0 atom stereocenters. The number of hydrogen-bond donors (Lipinski definition) is 0. The Kier molecular flexibility index (Phi) is 4.37. The molecule has 0 bridgehead atoms. The van der Waals surface area contributed by atoms with Crippen molar-refractivity contribution in [1.29, 1.82) is 5.26 Å². The van der Waals surface area contributed by atoms with Gasteiger partial charge in [0.1, 0.15) is 16.7 Å². The Labute approximate surface area is 233 Å². The van der Waals surface area contributed by atoms with E-state index in [0.717, 1.165) is 82.5 Å². The van der Waals surface area contributed by atoms with Crippen LogP contribution in [0, 0.1) is 11.3 Å². The molecule has 0 saturated heterocycles. The Balaban J connectivity index is 1.34. The van der Waals surface area contributed by atoms with Gasteiger partial charge in [-0.25, -0.2) is 0 Å². The van der Waals surface area contributed by atoms with Crippen LogP contribution < -0.4 is 0 Å². The van der Waals surface area contributed by atoms with Gasteiger partial charge in [-0.1, -0.05) is 66.7 Å². The molecule has 0 fully saturated rings. The minimum Gasteiger partial charge on any atom is -0.456 e. The average molecular weight is 525 g/mol. The van der Waals surface area contributed by atoms with E-state index in [4.69, 9.17) is 8.83 Å². The second kappa shape index (κ2) is 8.11. The van der Waals surface area contributed by atoms with Gasteiger partial charge in [-0.2, -0.15) is 5.26 Å². The number of furan rings is 2. The lowest BCUT2D eigenvalue weighted by Gasteiger charge is -2.08. The molecule has 0 aliphatic rings. The molecule has 0 spiro atoms. The number of aromatic nitrogens is 1. The summed E-state index contributed by atoms with van der Waals surface area (Å²) in [5, 5.41) is 16.1. The molecule has 41 heavy (non-hydrogen) atoms. The molecule has 0 unspecified atom stereocenters. The summed E-state index contributed by atoms with van der Waals surface area (Å²) in [4.78, 5) is 0. The second-order valence-corrected chi connectivity index (χ2v) is 10.4. The fourth-order valence-electron chi connectivity index (χ4n) is 6.45. The molecule has 6 aromatic carbocycles. The van der Waals surface area contributed by atoms with Crippen LogP contribution >= 0.6 is 0 Å². The molecule has 9 aromatic rings. The number of rotatable bonds is 2. The molecule has 9 rings (SSSR count). The van der Waals surface area contributed by atoms with Gasteiger partial charge in [0.25, 0.3) is 0 Å². The summed E-state index contributed by atoms with van der Waals surface area (Å²) in [7, 11) is 0. The zero-order valence-electron chi connectivity index (χ0n) is 21.8. The summed E-state index contributed by atoms with van der Waals surface area (Å²) < 4.78 is 15.0. The van der Waals surface area contributed by atoms with Crippen molar-refractivity contribution in [3.63, 3.8) is 0 Å². The van der Waals surface area contributed by atoms with Crippen molar-refractivity contribution in [3.8, 4) is 22.9 Å². The van der Waals surface area contributed by atoms with E-state index in [9.17, 15) is 5.26 Å². The van der Waals surface area contributed by atoms with Crippen molar-refractivity contribution in [3.05, 3.63) is 127 Å². The molecular formula is C37H20N2O2. The Morgan fingerprint density at radius 3 is 2.22 bits per heavy atom. The maximum absolute atomic E-state index is 9.56. The quantitative estimate of drug-likeness (QED) is 0.226. The molecule has 0 N–H and O–H groups in total. The highest BCUT2D eigenvalue weighted by atomic mass is 16.3. The van der Waals surface area contributed by atoms with E-state index >= 15 is 0 Å². The first-order chi connectivity index (χ1) is 20.3. The summed E-state index contributed by atoms with van der Waals surface area (Å²) in [6.45, 7) is 0. The topological polar surface area (TPSA) is 55.0 Å². The minimum absolute atomic E-state index is 0.648. The molecule has 0 saturated carbocycles. The third kappa shape index (κ3) is 3.03. The molecule has 0 amide bonds. The predicted octanol–water partition coefficient (Wildman–Crippen LogP) is 10.1. The van der Waals surface area contributed by atoms with E-state index in [0.29, 0.717) is 5.56 Å². The highest BCUT2D eigenvalue weighted by Crippen LogP contribution is 2.42. The van der Waals surface area contributed by atoms with Gasteiger partial charge in [0.15, 0.2) is 5.58 Å². The first-order valence-corrected chi connectivity index (χ1v) is 13.6. The normalized spacial score (nSPS) is 11.9. The van der Waals surface area contributed by atoms with E-state index in [2.05, 4.69) is 83.4 Å². The van der Waals surface area contributed by atoms with Gasteiger partial charge in [0.05, 0.1) is 28.4 Å². The zero-order chi connectivity index (χ0) is 27.1. The lowest BCUT2D eigenvalue weighted by molar-refractivity contribution is 0.666. The summed E-state index contributed by atoms with van der Waals surface area (Å²) >= 11 is 0. The zero-order valence-corrected chi connectivity index (χ0v) is 21.8. The van der Waals surface area contributed by atoms with Crippen LogP contribution in [-0.4, -0.2) is 4.57 Å². The van der Waals surface area contributed by atoms with Crippen molar-refractivity contribution < 1.29 is 8.83 Å². The molecule has 4 nitrogen and oxygen atoms in total. The van der Waals surface area contributed by atoms with Gasteiger partial charge in [-0.15, -0.1) is 0 Å². The Morgan fingerprint density at radius 2 is 1.29 bits per heavy atom. The molecule has 3 heterocycles. The van der Waals surface area contributed by atoms with Crippen LogP contribution in [-0.2, 0) is 0 Å². The largest absolute Gasteiger partial charge is 0.456 e. The lowest BCUT2D eigenvalue weighted by Crippen LogP contribution is -1.94. The SMILES string of the molecule is N#Cc1ccc2c(c1)c1ccccc1n2-c1cccc2c1oc1cccc(-c3ccc4oc5ccccc5c4c3)c12. The van der Waals surface area contributed by atoms with Crippen molar-refractivity contribution in [2.24, 2.45) is 0 Å². The first-order valence-electron chi connectivity index (χ1n) is 13.6. The highest BCUT2D eigenvalue weighted by molar-refractivity contribution is 6.17. The van der Waals surface area contributed by atoms with Crippen LogP contribution in [0.3, 0.4) is 0 Å². The van der Waals surface area contributed by atoms with Gasteiger partial charge in [0.2, 0.25) is 0 Å². The molecule has 0 aliphatic heterocycles. The van der Waals surface area contributed by atoms with Crippen molar-refractivity contribution in [1.82, 2.24) is 4.57 Å². The number of nitrogens with zero attached hydrogens (tertiary/aromatic N) is 2. The maximum atomic E-state index is 9.56. The van der Waals surface area contributed by atoms with Gasteiger partial charge in [-0.05, 0) is 65.7 Å². The van der Waals surface area contributed by atoms with Crippen LogP contribution in [0.25, 0.3) is 82.5 Å². The highest BCUT2D eigenvalue weighted by Gasteiger charge is 2.20. The third-order valence-corrected chi connectivity index (χ3v) is 8.23. The van der Waals surface area contributed by atoms with Crippen LogP contribution in [0.5, 0.6) is 0 Å². The number of fused-ring (bicyclic) bond motifs is 9. The van der Waals surface area contributed by atoms with Gasteiger partial charge >= 0.3 is 0 Å². The van der Waals surface area contributed by atoms with Crippen LogP contribution in [0.15, 0.2) is 130 Å². The molecule has 0 aliphatic carbocycles. The molecule has 3 aromatic heterocycles. The van der Waals surface area contributed by atoms with Crippen molar-refractivity contribution >= 4 is 65.7 Å². The lowest BCUT2D eigenvalue weighted by atomic mass is 9.98. The van der Waals surface area contributed by atoms with Gasteiger partial charge in [0, 0.05) is 32.3 Å². The summed E-state index contributed by atoms with van der Waals surface area (Å²) in [6.07, 6.45) is 0. The van der Waals surface area contributed by atoms with E-state index in [1.807, 2.05) is 48.5 Å². The fourth-order valence-corrected chi connectivity index (χ4v) is 6.45. The predicted molar refractivity (Wildman–Crippen MR) is 165 cm³/mol. The second-order valence-electron chi connectivity index (χ2n) is 10.4. The monoisotopic (exact) mass is 524 g/mol. The van der Waals surface area contributed by atoms with Crippen LogP contribution in [0.4, 0.5) is 0 Å². The minimum atomic E-state index is 0.648. The third-order valence-electron chi connectivity index (χ3n) is 8.23. The summed E-state index contributed by atoms with van der Waals surface area (Å²) in [5.41, 5.74) is 9.41. The van der Waals surface area contributed by atoms with E-state index in [1.165, 1.54) is 0 Å². The number of hydrogen-bond acceptors (Lipinski definition) is 3. The molecule has 0 radical (unpaired) electrons. The number of para-hydroxylation sites is 3. The van der Waals surface area contributed by atoms with E-state index in [-0.39, 0.29) is 0 Å². The number of benzene rings is 6. The Hall–Kier alpha value is -5.79. The summed E-state index contributed by atoms with van der Waals surface area (Å²) in [5.74, 6) is 0. The van der Waals surface area contributed by atoms with E-state index in [1.54, 1.807) is 0 Å². The van der Waals surface area contributed by atoms with E-state index < -0.39 is 0 Å². The Morgan fingerprint density at radius 1 is 0.537 bits per heavy atom. The number of nitriles is 1. The Bertz CT molecular complexity index is 2550. The summed E-state index contributed by atoms with van der Waals surface area (Å²) in [6, 6.07) is 43.7. The molecule has 4 heteroatoms.